The van der Waals surface area contributed by atoms with E-state index in [4.69, 9.17) is 10.00 Å². The maximum Gasteiger partial charge on any atom is 0.280 e. The van der Waals surface area contributed by atoms with Crippen LogP contribution in [0.2, 0.25) is 0 Å². The molecule has 0 atom stereocenters. The number of halogens is 1. The molecule has 3 aromatic rings. The number of thioether (sulfide) groups is 1. The Labute approximate surface area is 174 Å². The van der Waals surface area contributed by atoms with Gasteiger partial charge in [0.25, 0.3) is 5.56 Å². The molecule has 1 N–H and O–H groups in total. The largest absolute Gasteiger partial charge is 0.494 e. The molecule has 1 aromatic heterocycles. The third-order valence-corrected chi connectivity index (χ3v) is 5.15. The van der Waals surface area contributed by atoms with Crippen LogP contribution in [0.25, 0.3) is 5.69 Å². The van der Waals surface area contributed by atoms with Crippen LogP contribution in [0.3, 0.4) is 0 Å². The minimum absolute atomic E-state index is 0.173. The first-order valence-electron chi connectivity index (χ1n) is 7.89. The Balaban J connectivity index is 1.96. The molecule has 1 heterocycles. The lowest BCUT2D eigenvalue weighted by Crippen LogP contribution is -2.17. The van der Waals surface area contributed by atoms with Crippen molar-refractivity contribution in [3.8, 4) is 16.8 Å². The zero-order valence-electron chi connectivity index (χ0n) is 14.6. The lowest BCUT2D eigenvalue weighted by atomic mass is 10.2. The second-order valence-electron chi connectivity index (χ2n) is 5.55. The van der Waals surface area contributed by atoms with E-state index >= 15 is 0 Å². The van der Waals surface area contributed by atoms with E-state index in [0.29, 0.717) is 17.0 Å². The Morgan fingerprint density at radius 2 is 2.04 bits per heavy atom. The second kappa shape index (κ2) is 8.45. The lowest BCUT2D eigenvalue weighted by Gasteiger charge is -2.05. The number of hydrogen-bond donors (Lipinski definition) is 1. The Hall–Kier alpha value is -2.51. The number of ether oxygens (including phenoxy) is 1. The predicted molar refractivity (Wildman–Crippen MR) is 116 cm³/mol. The first-order valence-corrected chi connectivity index (χ1v) is 9.78. The summed E-state index contributed by atoms with van der Waals surface area (Å²) in [4.78, 5) is 17.9. The van der Waals surface area contributed by atoms with E-state index in [-0.39, 0.29) is 5.56 Å². The third kappa shape index (κ3) is 4.26. The minimum atomic E-state index is -0.173. The summed E-state index contributed by atoms with van der Waals surface area (Å²) in [7, 11) is 1.54. The molecule has 2 aromatic carbocycles. The maximum atomic E-state index is 12.8. The fraction of sp³-hybridized carbons (Fsp3) is 0.105. The number of aromatic amines is 1. The molecule has 0 aliphatic carbocycles. The molecule has 0 fully saturated rings. The molecule has 3 rings (SSSR count). The molecular formula is C19H15IN4O2S. The highest BCUT2D eigenvalue weighted by atomic mass is 127. The molecule has 0 unspecified atom stereocenters. The lowest BCUT2D eigenvalue weighted by molar-refractivity contribution is 0.415. The average Bonchev–Trinajstić information content (AvgIpc) is 2.95. The van der Waals surface area contributed by atoms with Gasteiger partial charge in [0.05, 0.1) is 18.4 Å². The normalized spacial score (nSPS) is 10.9. The fourth-order valence-electron chi connectivity index (χ4n) is 2.50. The Morgan fingerprint density at radius 3 is 2.70 bits per heavy atom. The van der Waals surface area contributed by atoms with Gasteiger partial charge in [-0.25, -0.2) is 4.68 Å². The minimum Gasteiger partial charge on any atom is -0.494 e. The van der Waals surface area contributed by atoms with Crippen molar-refractivity contribution in [2.45, 2.75) is 11.8 Å². The van der Waals surface area contributed by atoms with Gasteiger partial charge in [-0.1, -0.05) is 0 Å². The molecule has 8 heteroatoms. The number of nitrogens with zero attached hydrogens (tertiary/aromatic N) is 3. The highest BCUT2D eigenvalue weighted by Crippen LogP contribution is 2.32. The van der Waals surface area contributed by atoms with E-state index in [2.05, 4.69) is 32.7 Å². The number of nitriles is 1. The molecule has 0 spiro atoms. The van der Waals surface area contributed by atoms with E-state index in [1.807, 2.05) is 36.6 Å². The topological polar surface area (TPSA) is 83.2 Å². The Kier molecular flexibility index (Phi) is 6.03. The van der Waals surface area contributed by atoms with Crippen molar-refractivity contribution in [3.63, 3.8) is 0 Å². The molecule has 0 bridgehead atoms. The van der Waals surface area contributed by atoms with E-state index in [9.17, 15) is 4.79 Å². The van der Waals surface area contributed by atoms with Crippen molar-refractivity contribution in [2.75, 3.05) is 7.11 Å². The summed E-state index contributed by atoms with van der Waals surface area (Å²) < 4.78 is 7.93. The second-order valence-corrected chi connectivity index (χ2v) is 7.66. The molecule has 0 saturated heterocycles. The number of hydrogen-bond acceptors (Lipinski definition) is 5. The zero-order valence-corrected chi connectivity index (χ0v) is 17.5. The van der Waals surface area contributed by atoms with Crippen LogP contribution in [-0.2, 0) is 0 Å². The summed E-state index contributed by atoms with van der Waals surface area (Å²) in [5.74, 6) is 0.539. The van der Waals surface area contributed by atoms with E-state index in [1.54, 1.807) is 25.3 Å². The predicted octanol–water partition coefficient (Wildman–Crippen LogP) is 4.41. The van der Waals surface area contributed by atoms with Crippen LogP contribution < -0.4 is 10.3 Å². The van der Waals surface area contributed by atoms with E-state index in [0.717, 1.165) is 31.6 Å². The summed E-state index contributed by atoms with van der Waals surface area (Å²) in [6, 6.07) is 12.9. The highest BCUT2D eigenvalue weighted by molar-refractivity contribution is 14.1. The van der Waals surface area contributed by atoms with Crippen LogP contribution in [-0.4, -0.2) is 23.1 Å². The number of aromatic nitrogens is 2. The molecule has 0 radical (unpaired) electrons. The van der Waals surface area contributed by atoms with E-state index in [1.165, 1.54) is 10.9 Å². The number of aryl methyl sites for hydroxylation is 1. The van der Waals surface area contributed by atoms with Crippen LogP contribution in [0.4, 0.5) is 5.69 Å². The van der Waals surface area contributed by atoms with Crippen LogP contribution in [0, 0.1) is 21.2 Å². The summed E-state index contributed by atoms with van der Waals surface area (Å²) in [6.45, 7) is 1.83. The molecule has 0 amide bonds. The summed E-state index contributed by atoms with van der Waals surface area (Å²) in [5.41, 5.74) is 2.37. The van der Waals surface area contributed by atoms with Crippen molar-refractivity contribution in [1.29, 1.82) is 5.26 Å². The van der Waals surface area contributed by atoms with Crippen LogP contribution in [0.1, 0.15) is 11.3 Å². The van der Waals surface area contributed by atoms with Gasteiger partial charge in [-0.2, -0.15) is 5.26 Å². The average molecular weight is 490 g/mol. The van der Waals surface area contributed by atoms with Crippen molar-refractivity contribution in [2.24, 2.45) is 4.99 Å². The number of benzene rings is 2. The van der Waals surface area contributed by atoms with Crippen molar-refractivity contribution in [1.82, 2.24) is 9.78 Å². The van der Waals surface area contributed by atoms with Crippen molar-refractivity contribution >= 4 is 46.3 Å². The van der Waals surface area contributed by atoms with Crippen LogP contribution >= 0.6 is 34.4 Å². The molecule has 136 valence electrons. The maximum absolute atomic E-state index is 12.8. The Morgan fingerprint density at radius 1 is 1.30 bits per heavy atom. The standard InChI is InChI=1S/C19H15IN4O2S/c1-12-16(19(25)24(23-12)14-5-3-13(20)4-6-14)10-22-17-8-7-15(27-11-21)9-18(17)26-2/h3-10,23H,1-2H3. The van der Waals surface area contributed by atoms with Gasteiger partial charge in [0, 0.05) is 20.4 Å². The molecular weight excluding hydrogens is 475 g/mol. The van der Waals surface area contributed by atoms with Gasteiger partial charge >= 0.3 is 0 Å². The first-order chi connectivity index (χ1) is 13.0. The smallest absolute Gasteiger partial charge is 0.280 e. The van der Waals surface area contributed by atoms with Gasteiger partial charge in [0.15, 0.2) is 0 Å². The molecule has 6 nitrogen and oxygen atoms in total. The van der Waals surface area contributed by atoms with Crippen molar-refractivity contribution < 1.29 is 4.74 Å². The molecule has 27 heavy (non-hydrogen) atoms. The van der Waals surface area contributed by atoms with Gasteiger partial charge in [-0.3, -0.25) is 14.9 Å². The third-order valence-electron chi connectivity index (χ3n) is 3.85. The molecule has 0 aliphatic rings. The number of H-pyrrole nitrogens is 1. The monoisotopic (exact) mass is 490 g/mol. The number of thiocyanates is 1. The molecule has 0 saturated carbocycles. The van der Waals surface area contributed by atoms with Gasteiger partial charge in [-0.15, -0.1) is 0 Å². The Bertz CT molecular complexity index is 1090. The van der Waals surface area contributed by atoms with E-state index < -0.39 is 0 Å². The SMILES string of the molecule is COc1cc(SC#N)ccc1N=Cc1c(C)[nH]n(-c2ccc(I)cc2)c1=O. The quantitative estimate of drug-likeness (QED) is 0.249. The number of methoxy groups -OCH3 is 1. The fourth-order valence-corrected chi connectivity index (χ4v) is 3.27. The zero-order chi connectivity index (χ0) is 19.4. The van der Waals surface area contributed by atoms with Crippen LogP contribution in [0.15, 0.2) is 57.1 Å². The molecule has 0 aliphatic heterocycles. The van der Waals surface area contributed by atoms with Crippen LogP contribution in [0.5, 0.6) is 5.75 Å². The summed E-state index contributed by atoms with van der Waals surface area (Å²) in [5, 5.41) is 13.9. The number of nitrogens with one attached hydrogen (secondary N) is 1. The number of rotatable bonds is 5. The summed E-state index contributed by atoms with van der Waals surface area (Å²) in [6.07, 6.45) is 1.53. The van der Waals surface area contributed by atoms with Gasteiger partial charge < -0.3 is 4.74 Å². The number of aliphatic imine (C=N–C) groups is 1. The highest BCUT2D eigenvalue weighted by Gasteiger charge is 2.11. The van der Waals surface area contributed by atoms with Gasteiger partial charge in [-0.05, 0) is 83.7 Å². The van der Waals surface area contributed by atoms with Gasteiger partial charge in [0.1, 0.15) is 16.8 Å². The van der Waals surface area contributed by atoms with Crippen molar-refractivity contribution in [3.05, 3.63) is 67.6 Å². The van der Waals surface area contributed by atoms with Gasteiger partial charge in [0.2, 0.25) is 0 Å². The summed E-state index contributed by atoms with van der Waals surface area (Å²) >= 11 is 3.27. The first kappa shape index (κ1) is 19.3.